The van der Waals surface area contributed by atoms with Gasteiger partial charge in [-0.1, -0.05) is 44.2 Å². The molecule has 0 amide bonds. The predicted molar refractivity (Wildman–Crippen MR) is 84.6 cm³/mol. The Labute approximate surface area is 125 Å². The molecule has 0 aliphatic rings. The molecule has 0 spiro atoms. The van der Waals surface area contributed by atoms with Crippen molar-refractivity contribution in [1.29, 1.82) is 0 Å². The van der Waals surface area contributed by atoms with Gasteiger partial charge in [-0.15, -0.1) is 0 Å². The smallest absolute Gasteiger partial charge is 0.196 e. The van der Waals surface area contributed by atoms with E-state index < -0.39 is 0 Å². The highest BCUT2D eigenvalue weighted by atomic mass is 16.5. The van der Waals surface area contributed by atoms with E-state index in [4.69, 9.17) is 10.5 Å². The van der Waals surface area contributed by atoms with Crippen LogP contribution < -0.4 is 10.5 Å². The molecule has 0 radical (unpaired) electrons. The van der Waals surface area contributed by atoms with Crippen molar-refractivity contribution >= 4 is 5.78 Å². The summed E-state index contributed by atoms with van der Waals surface area (Å²) in [5, 5.41) is 0. The number of benzene rings is 2. The molecule has 2 rings (SSSR count). The summed E-state index contributed by atoms with van der Waals surface area (Å²) in [6, 6.07) is 14.7. The average molecular weight is 283 g/mol. The maximum Gasteiger partial charge on any atom is 0.196 e. The van der Waals surface area contributed by atoms with Crippen molar-refractivity contribution in [2.75, 3.05) is 7.11 Å². The van der Waals surface area contributed by atoms with Crippen LogP contribution in [-0.2, 0) is 0 Å². The van der Waals surface area contributed by atoms with Gasteiger partial charge in [0, 0.05) is 11.6 Å². The van der Waals surface area contributed by atoms with Crippen molar-refractivity contribution in [2.24, 2.45) is 11.7 Å². The quantitative estimate of drug-likeness (QED) is 0.853. The molecule has 0 aliphatic carbocycles. The molecule has 2 aromatic rings. The Morgan fingerprint density at radius 3 is 2.48 bits per heavy atom. The van der Waals surface area contributed by atoms with E-state index >= 15 is 0 Å². The number of ether oxygens (including phenoxy) is 1. The average Bonchev–Trinajstić information content (AvgIpc) is 2.53. The second kappa shape index (κ2) is 6.55. The molecule has 0 fully saturated rings. The van der Waals surface area contributed by atoms with Crippen LogP contribution in [0.4, 0.5) is 0 Å². The molecule has 110 valence electrons. The van der Waals surface area contributed by atoms with Crippen molar-refractivity contribution in [3.8, 4) is 5.75 Å². The number of ketones is 1. The van der Waals surface area contributed by atoms with Gasteiger partial charge in [0.2, 0.25) is 0 Å². The molecule has 2 aromatic carbocycles. The van der Waals surface area contributed by atoms with Gasteiger partial charge in [-0.05, 0) is 29.7 Å². The first-order chi connectivity index (χ1) is 10.0. The van der Waals surface area contributed by atoms with Crippen LogP contribution in [0.15, 0.2) is 48.5 Å². The molecule has 3 nitrogen and oxygen atoms in total. The Morgan fingerprint density at radius 1 is 1.10 bits per heavy atom. The van der Waals surface area contributed by atoms with Gasteiger partial charge in [0.15, 0.2) is 5.78 Å². The summed E-state index contributed by atoms with van der Waals surface area (Å²) in [6.07, 6.45) is 0. The molecule has 0 heterocycles. The third-order valence-corrected chi connectivity index (χ3v) is 3.60. The summed E-state index contributed by atoms with van der Waals surface area (Å²) in [4.78, 5) is 12.6. The van der Waals surface area contributed by atoms with Crippen LogP contribution in [0.25, 0.3) is 0 Å². The van der Waals surface area contributed by atoms with Gasteiger partial charge < -0.3 is 10.5 Å². The molecule has 0 aromatic heterocycles. The number of para-hydroxylation sites is 1. The minimum Gasteiger partial charge on any atom is -0.496 e. The second-order valence-corrected chi connectivity index (χ2v) is 5.42. The zero-order chi connectivity index (χ0) is 15.4. The number of carbonyl (C=O) groups is 1. The fourth-order valence-electron chi connectivity index (χ4n) is 2.26. The largest absolute Gasteiger partial charge is 0.496 e. The van der Waals surface area contributed by atoms with Gasteiger partial charge in [0.05, 0.1) is 12.7 Å². The summed E-state index contributed by atoms with van der Waals surface area (Å²) >= 11 is 0. The molecule has 21 heavy (non-hydrogen) atoms. The highest BCUT2D eigenvalue weighted by molar-refractivity contribution is 6.10. The monoisotopic (exact) mass is 283 g/mol. The maximum absolute atomic E-state index is 12.6. The Kier molecular flexibility index (Phi) is 4.76. The summed E-state index contributed by atoms with van der Waals surface area (Å²) in [6.45, 7) is 4.14. The molecule has 2 N–H and O–H groups in total. The third kappa shape index (κ3) is 3.31. The van der Waals surface area contributed by atoms with Gasteiger partial charge in [-0.25, -0.2) is 0 Å². The summed E-state index contributed by atoms with van der Waals surface area (Å²) in [5.74, 6) is 0.855. The molecule has 0 saturated heterocycles. The summed E-state index contributed by atoms with van der Waals surface area (Å²) in [7, 11) is 1.57. The van der Waals surface area contributed by atoms with Crippen molar-refractivity contribution in [2.45, 2.75) is 19.9 Å². The lowest BCUT2D eigenvalue weighted by atomic mass is 9.93. The first kappa shape index (κ1) is 15.3. The van der Waals surface area contributed by atoms with E-state index in [0.29, 0.717) is 22.8 Å². The molecule has 1 atom stereocenters. The van der Waals surface area contributed by atoms with E-state index in [1.165, 1.54) is 0 Å². The van der Waals surface area contributed by atoms with Crippen LogP contribution in [-0.4, -0.2) is 12.9 Å². The lowest BCUT2D eigenvalue weighted by Crippen LogP contribution is -2.17. The van der Waals surface area contributed by atoms with Gasteiger partial charge in [-0.3, -0.25) is 4.79 Å². The van der Waals surface area contributed by atoms with Gasteiger partial charge in [0.25, 0.3) is 0 Å². The molecular weight excluding hydrogens is 262 g/mol. The van der Waals surface area contributed by atoms with Gasteiger partial charge in [-0.2, -0.15) is 0 Å². The molecular formula is C18H21NO2. The molecule has 0 saturated carbocycles. The normalized spacial score (nSPS) is 12.2. The first-order valence-electron chi connectivity index (χ1n) is 7.08. The minimum atomic E-state index is -0.0737. The lowest BCUT2D eigenvalue weighted by molar-refractivity contribution is 0.103. The van der Waals surface area contributed by atoms with E-state index in [-0.39, 0.29) is 11.8 Å². The topological polar surface area (TPSA) is 52.3 Å². The maximum atomic E-state index is 12.6. The zero-order valence-corrected chi connectivity index (χ0v) is 12.7. The first-order valence-corrected chi connectivity index (χ1v) is 7.08. The molecule has 1 unspecified atom stereocenters. The zero-order valence-electron chi connectivity index (χ0n) is 12.7. The summed E-state index contributed by atoms with van der Waals surface area (Å²) in [5.41, 5.74) is 8.34. The van der Waals surface area contributed by atoms with E-state index in [0.717, 1.165) is 5.56 Å². The highest BCUT2D eigenvalue weighted by Crippen LogP contribution is 2.24. The van der Waals surface area contributed by atoms with E-state index in [2.05, 4.69) is 13.8 Å². The van der Waals surface area contributed by atoms with Crippen molar-refractivity contribution < 1.29 is 9.53 Å². The minimum absolute atomic E-state index is 0.0507. The Morgan fingerprint density at radius 2 is 1.81 bits per heavy atom. The van der Waals surface area contributed by atoms with Crippen LogP contribution in [0.3, 0.4) is 0 Å². The standard InChI is InChI=1S/C18H21NO2/c1-12(2)17(19)13-7-6-8-14(11-13)18(20)15-9-4-5-10-16(15)21-3/h4-12,17H,19H2,1-3H3. The van der Waals surface area contributed by atoms with Crippen LogP contribution in [0.1, 0.15) is 41.4 Å². The van der Waals surface area contributed by atoms with Crippen molar-refractivity contribution in [3.63, 3.8) is 0 Å². The fourth-order valence-corrected chi connectivity index (χ4v) is 2.26. The number of hydrogen-bond donors (Lipinski definition) is 1. The SMILES string of the molecule is COc1ccccc1C(=O)c1cccc(C(N)C(C)C)c1. The van der Waals surface area contributed by atoms with Gasteiger partial charge >= 0.3 is 0 Å². The fraction of sp³-hybridized carbons (Fsp3) is 0.278. The van der Waals surface area contributed by atoms with E-state index in [9.17, 15) is 4.79 Å². The van der Waals surface area contributed by atoms with Crippen LogP contribution in [0.2, 0.25) is 0 Å². The van der Waals surface area contributed by atoms with Crippen LogP contribution in [0.5, 0.6) is 5.75 Å². The molecule has 0 bridgehead atoms. The van der Waals surface area contributed by atoms with Crippen LogP contribution >= 0.6 is 0 Å². The number of carbonyl (C=O) groups excluding carboxylic acids is 1. The molecule has 0 aliphatic heterocycles. The second-order valence-electron chi connectivity index (χ2n) is 5.42. The van der Waals surface area contributed by atoms with E-state index in [1.54, 1.807) is 19.2 Å². The molecule has 3 heteroatoms. The number of methoxy groups -OCH3 is 1. The number of hydrogen-bond acceptors (Lipinski definition) is 3. The van der Waals surface area contributed by atoms with Crippen molar-refractivity contribution in [3.05, 3.63) is 65.2 Å². The summed E-state index contributed by atoms with van der Waals surface area (Å²) < 4.78 is 5.26. The Bertz CT molecular complexity index is 635. The van der Waals surface area contributed by atoms with Gasteiger partial charge in [0.1, 0.15) is 5.75 Å². The van der Waals surface area contributed by atoms with Crippen molar-refractivity contribution in [1.82, 2.24) is 0 Å². The number of nitrogens with two attached hydrogens (primary N) is 1. The number of rotatable bonds is 5. The Balaban J connectivity index is 2.38. The highest BCUT2D eigenvalue weighted by Gasteiger charge is 2.16. The third-order valence-electron chi connectivity index (χ3n) is 3.60. The Hall–Kier alpha value is -2.13. The van der Waals surface area contributed by atoms with Crippen LogP contribution in [0, 0.1) is 5.92 Å². The predicted octanol–water partition coefficient (Wildman–Crippen LogP) is 3.58. The lowest BCUT2D eigenvalue weighted by Gasteiger charge is -2.17. The van der Waals surface area contributed by atoms with E-state index in [1.807, 2.05) is 36.4 Å².